The monoisotopic (exact) mass is 216 g/mol. The Labute approximate surface area is 90.4 Å². The summed E-state index contributed by atoms with van der Waals surface area (Å²) in [5.74, 6) is 0. The van der Waals surface area contributed by atoms with Crippen molar-refractivity contribution in [2.75, 3.05) is 33.3 Å². The lowest BCUT2D eigenvalue weighted by molar-refractivity contribution is -0.0256. The molecular weight excluding hydrogens is 196 g/mol. The summed E-state index contributed by atoms with van der Waals surface area (Å²) in [6, 6.07) is 0. The maximum Gasteiger partial charge on any atom is 0.409 e. The van der Waals surface area contributed by atoms with Crippen molar-refractivity contribution in [2.45, 2.75) is 25.4 Å². The van der Waals surface area contributed by atoms with Gasteiger partial charge in [-0.25, -0.2) is 4.79 Å². The molecule has 0 aliphatic carbocycles. The van der Waals surface area contributed by atoms with Crippen LogP contribution in [-0.4, -0.2) is 55.0 Å². The molecule has 5 heteroatoms. The van der Waals surface area contributed by atoms with Crippen LogP contribution in [0.25, 0.3) is 0 Å². The van der Waals surface area contributed by atoms with Crippen LogP contribution in [-0.2, 0) is 4.74 Å². The molecule has 1 rings (SSSR count). The number of methoxy groups -OCH3 is 1. The van der Waals surface area contributed by atoms with E-state index in [1.54, 1.807) is 4.90 Å². The Kier molecular flexibility index (Phi) is 4.35. The molecule has 1 unspecified atom stereocenters. The van der Waals surface area contributed by atoms with Crippen LogP contribution in [0.5, 0.6) is 0 Å². The number of carbonyl (C=O) groups excluding carboxylic acids is 1. The molecule has 0 aromatic heterocycles. The van der Waals surface area contributed by atoms with Gasteiger partial charge in [0, 0.05) is 13.1 Å². The zero-order valence-electron chi connectivity index (χ0n) is 9.45. The molecular formula is C10H20N2O3. The molecule has 0 saturated carbocycles. The van der Waals surface area contributed by atoms with E-state index in [1.165, 1.54) is 7.11 Å². The third-order valence-corrected chi connectivity index (χ3v) is 2.69. The first-order valence-electron chi connectivity index (χ1n) is 5.37. The third kappa shape index (κ3) is 3.35. The first-order chi connectivity index (χ1) is 7.11. The number of aliphatic hydroxyl groups is 1. The van der Waals surface area contributed by atoms with Crippen LogP contribution < -0.4 is 5.32 Å². The summed E-state index contributed by atoms with van der Waals surface area (Å²) >= 11 is 0. The molecule has 0 bridgehead atoms. The van der Waals surface area contributed by atoms with E-state index in [1.807, 2.05) is 6.92 Å². The minimum Gasteiger partial charge on any atom is -0.453 e. The van der Waals surface area contributed by atoms with Crippen LogP contribution in [0.15, 0.2) is 0 Å². The van der Waals surface area contributed by atoms with Crippen molar-refractivity contribution in [3.63, 3.8) is 0 Å². The lowest BCUT2D eigenvalue weighted by Crippen LogP contribution is -2.54. The van der Waals surface area contributed by atoms with E-state index >= 15 is 0 Å². The first kappa shape index (κ1) is 12.3. The van der Waals surface area contributed by atoms with Crippen molar-refractivity contribution >= 4 is 6.09 Å². The average Bonchev–Trinajstić information content (AvgIpc) is 2.25. The zero-order valence-corrected chi connectivity index (χ0v) is 9.45. The summed E-state index contributed by atoms with van der Waals surface area (Å²) in [5, 5.41) is 13.3. The molecule has 1 amide bonds. The van der Waals surface area contributed by atoms with Crippen LogP contribution in [0.4, 0.5) is 4.79 Å². The SMILES string of the molecule is CCNCC1(O)CCCN(C(=O)OC)C1. The molecule has 1 fully saturated rings. The van der Waals surface area contributed by atoms with Gasteiger partial charge < -0.3 is 20.1 Å². The maximum absolute atomic E-state index is 11.3. The Morgan fingerprint density at radius 3 is 3.00 bits per heavy atom. The quantitative estimate of drug-likeness (QED) is 0.707. The molecule has 0 aromatic rings. The number of ether oxygens (including phenoxy) is 1. The number of carbonyl (C=O) groups is 1. The molecule has 15 heavy (non-hydrogen) atoms. The molecule has 88 valence electrons. The standard InChI is InChI=1S/C10H20N2O3/c1-3-11-7-10(14)5-4-6-12(8-10)9(13)15-2/h11,14H,3-8H2,1-2H3. The van der Waals surface area contributed by atoms with Crippen LogP contribution in [0.3, 0.4) is 0 Å². The van der Waals surface area contributed by atoms with Gasteiger partial charge in [0.05, 0.1) is 19.3 Å². The highest BCUT2D eigenvalue weighted by molar-refractivity contribution is 5.67. The molecule has 5 nitrogen and oxygen atoms in total. The van der Waals surface area contributed by atoms with Crippen molar-refractivity contribution in [1.29, 1.82) is 0 Å². The second-order valence-electron chi connectivity index (χ2n) is 4.00. The summed E-state index contributed by atoms with van der Waals surface area (Å²) in [6.45, 7) is 4.36. The lowest BCUT2D eigenvalue weighted by Gasteiger charge is -2.38. The van der Waals surface area contributed by atoms with E-state index in [0.29, 0.717) is 19.6 Å². The second kappa shape index (κ2) is 5.32. The first-order valence-corrected chi connectivity index (χ1v) is 5.37. The van der Waals surface area contributed by atoms with E-state index in [4.69, 9.17) is 0 Å². The van der Waals surface area contributed by atoms with Crippen molar-refractivity contribution in [3.8, 4) is 0 Å². The van der Waals surface area contributed by atoms with Gasteiger partial charge in [0.15, 0.2) is 0 Å². The predicted octanol–water partition coefficient (Wildman–Crippen LogP) is 0.189. The minimum absolute atomic E-state index is 0.354. The smallest absolute Gasteiger partial charge is 0.409 e. The molecule has 1 atom stereocenters. The summed E-state index contributed by atoms with van der Waals surface area (Å²) in [7, 11) is 1.36. The normalized spacial score (nSPS) is 26.5. The number of amides is 1. The lowest BCUT2D eigenvalue weighted by atomic mass is 9.93. The molecule has 1 aliphatic heterocycles. The van der Waals surface area contributed by atoms with Crippen molar-refractivity contribution in [3.05, 3.63) is 0 Å². The van der Waals surface area contributed by atoms with Gasteiger partial charge in [0.2, 0.25) is 0 Å². The number of hydrogen-bond acceptors (Lipinski definition) is 4. The number of rotatable bonds is 3. The molecule has 1 aliphatic rings. The highest BCUT2D eigenvalue weighted by Crippen LogP contribution is 2.20. The molecule has 0 aromatic carbocycles. The number of nitrogens with one attached hydrogen (secondary N) is 1. The molecule has 0 radical (unpaired) electrons. The van der Waals surface area contributed by atoms with E-state index in [0.717, 1.165) is 19.4 Å². The third-order valence-electron chi connectivity index (χ3n) is 2.69. The molecule has 0 spiro atoms. The largest absolute Gasteiger partial charge is 0.453 e. The fourth-order valence-corrected chi connectivity index (χ4v) is 1.90. The topological polar surface area (TPSA) is 61.8 Å². The van der Waals surface area contributed by atoms with Gasteiger partial charge in [-0.1, -0.05) is 6.92 Å². The zero-order chi connectivity index (χ0) is 11.3. The van der Waals surface area contributed by atoms with Gasteiger partial charge in [-0.05, 0) is 19.4 Å². The average molecular weight is 216 g/mol. The Bertz CT molecular complexity index is 223. The fraction of sp³-hybridized carbons (Fsp3) is 0.900. The molecule has 1 heterocycles. The number of likely N-dealkylation sites (tertiary alicyclic amines) is 1. The number of piperidine rings is 1. The van der Waals surface area contributed by atoms with E-state index in [2.05, 4.69) is 10.1 Å². The second-order valence-corrected chi connectivity index (χ2v) is 4.00. The Morgan fingerprint density at radius 1 is 1.67 bits per heavy atom. The number of likely N-dealkylation sites (N-methyl/N-ethyl adjacent to an activating group) is 1. The van der Waals surface area contributed by atoms with E-state index in [-0.39, 0.29) is 6.09 Å². The highest BCUT2D eigenvalue weighted by Gasteiger charge is 2.35. The van der Waals surface area contributed by atoms with Crippen molar-refractivity contribution in [2.24, 2.45) is 0 Å². The molecule has 2 N–H and O–H groups in total. The number of hydrogen-bond donors (Lipinski definition) is 2. The summed E-state index contributed by atoms with van der Waals surface area (Å²) in [5.41, 5.74) is -0.803. The summed E-state index contributed by atoms with van der Waals surface area (Å²) in [4.78, 5) is 12.9. The number of nitrogens with zero attached hydrogens (tertiary/aromatic N) is 1. The predicted molar refractivity (Wildman–Crippen MR) is 56.7 cm³/mol. The van der Waals surface area contributed by atoms with Gasteiger partial charge in [-0.15, -0.1) is 0 Å². The van der Waals surface area contributed by atoms with Gasteiger partial charge in [0.1, 0.15) is 0 Å². The van der Waals surface area contributed by atoms with E-state index < -0.39 is 5.60 Å². The van der Waals surface area contributed by atoms with Crippen LogP contribution in [0.1, 0.15) is 19.8 Å². The van der Waals surface area contributed by atoms with Gasteiger partial charge in [0.25, 0.3) is 0 Å². The molecule has 1 saturated heterocycles. The number of β-amino-alcohol motifs (C(OH)–C–C–N with tert-alkyl or cyclic N) is 1. The van der Waals surface area contributed by atoms with E-state index in [9.17, 15) is 9.90 Å². The minimum atomic E-state index is -0.803. The Hall–Kier alpha value is -0.810. The van der Waals surface area contributed by atoms with Crippen LogP contribution in [0, 0.1) is 0 Å². The Morgan fingerprint density at radius 2 is 2.40 bits per heavy atom. The van der Waals surface area contributed by atoms with Crippen molar-refractivity contribution < 1.29 is 14.6 Å². The summed E-state index contributed by atoms with van der Waals surface area (Å²) < 4.78 is 4.64. The fourth-order valence-electron chi connectivity index (χ4n) is 1.90. The highest BCUT2D eigenvalue weighted by atomic mass is 16.5. The van der Waals surface area contributed by atoms with Crippen LogP contribution >= 0.6 is 0 Å². The van der Waals surface area contributed by atoms with Crippen LogP contribution in [0.2, 0.25) is 0 Å². The summed E-state index contributed by atoms with van der Waals surface area (Å²) in [6.07, 6.45) is 1.19. The Balaban J connectivity index is 2.50. The van der Waals surface area contributed by atoms with Gasteiger partial charge in [-0.3, -0.25) is 0 Å². The van der Waals surface area contributed by atoms with Crippen molar-refractivity contribution in [1.82, 2.24) is 10.2 Å². The van der Waals surface area contributed by atoms with Gasteiger partial charge >= 0.3 is 6.09 Å². The van der Waals surface area contributed by atoms with Gasteiger partial charge in [-0.2, -0.15) is 0 Å². The maximum atomic E-state index is 11.3.